The summed E-state index contributed by atoms with van der Waals surface area (Å²) in [6.07, 6.45) is -4.98. The molecule has 0 aliphatic carbocycles. The van der Waals surface area contributed by atoms with E-state index < -0.39 is 27.0 Å². The van der Waals surface area contributed by atoms with Crippen molar-refractivity contribution in [2.45, 2.75) is 17.8 Å². The minimum absolute atomic E-state index is 0.0303. The number of rotatable bonds is 6. The van der Waals surface area contributed by atoms with E-state index in [-0.39, 0.29) is 6.54 Å². The number of nitrogens with one attached hydrogen (secondary N) is 1. The maximum absolute atomic E-state index is 12.5. The first-order chi connectivity index (χ1) is 12.2. The van der Waals surface area contributed by atoms with Gasteiger partial charge < -0.3 is 4.74 Å². The molecule has 0 amide bonds. The molecule has 2 aromatic heterocycles. The van der Waals surface area contributed by atoms with Crippen molar-refractivity contribution in [2.24, 2.45) is 0 Å². The fourth-order valence-corrected chi connectivity index (χ4v) is 4.90. The third-order valence-corrected chi connectivity index (χ3v) is 6.37. The van der Waals surface area contributed by atoms with Gasteiger partial charge in [-0.3, -0.25) is 0 Å². The Labute approximate surface area is 155 Å². The summed E-state index contributed by atoms with van der Waals surface area (Å²) < 4.78 is 68.3. The van der Waals surface area contributed by atoms with Crippen molar-refractivity contribution in [3.05, 3.63) is 57.4 Å². The highest BCUT2D eigenvalue weighted by Crippen LogP contribution is 2.30. The number of sulfonamides is 1. The summed E-state index contributed by atoms with van der Waals surface area (Å²) >= 11 is 2.92. The molecule has 0 bridgehead atoms. The van der Waals surface area contributed by atoms with E-state index in [0.717, 1.165) is 28.1 Å². The second kappa shape index (κ2) is 7.39. The Morgan fingerprint density at radius 3 is 2.54 bits per heavy atom. The Hall–Kier alpha value is -1.88. The van der Waals surface area contributed by atoms with Crippen molar-refractivity contribution in [1.29, 1.82) is 0 Å². The zero-order chi connectivity index (χ0) is 18.8. The lowest BCUT2D eigenvalue weighted by atomic mass is 10.2. The summed E-state index contributed by atoms with van der Waals surface area (Å²) in [6.45, 7) is -0.0303. The molecule has 2 heterocycles. The van der Waals surface area contributed by atoms with E-state index in [1.54, 1.807) is 11.3 Å². The van der Waals surface area contributed by atoms with Crippen LogP contribution in [0, 0.1) is 0 Å². The summed E-state index contributed by atoms with van der Waals surface area (Å²) in [5, 5.41) is 5.81. The molecule has 0 atom stereocenters. The van der Waals surface area contributed by atoms with Crippen LogP contribution in [0.25, 0.3) is 11.1 Å². The van der Waals surface area contributed by atoms with Crippen LogP contribution in [0.1, 0.15) is 4.88 Å². The summed E-state index contributed by atoms with van der Waals surface area (Å²) in [7, 11) is -4.17. The first-order valence-electron chi connectivity index (χ1n) is 7.19. The molecule has 0 saturated carbocycles. The van der Waals surface area contributed by atoms with Crippen molar-refractivity contribution in [2.75, 3.05) is 0 Å². The van der Waals surface area contributed by atoms with Crippen LogP contribution >= 0.6 is 22.7 Å². The standard InChI is InChI=1S/C16H12F3NO3S3/c17-16(18,19)23-14-3-1-2-4-15(14)26(21,22)20-8-13-7-12(10-25-13)11-5-6-24-9-11/h1-7,9-10,20H,8H2. The fourth-order valence-electron chi connectivity index (χ4n) is 2.18. The van der Waals surface area contributed by atoms with Crippen molar-refractivity contribution in [3.8, 4) is 16.9 Å². The molecule has 0 spiro atoms. The Bertz CT molecular complexity index is 980. The maximum atomic E-state index is 12.5. The second-order valence-corrected chi connectivity index (χ2v) is 8.64. The van der Waals surface area contributed by atoms with Gasteiger partial charge in [-0.15, -0.1) is 24.5 Å². The Balaban J connectivity index is 1.76. The molecule has 0 aliphatic heterocycles. The van der Waals surface area contributed by atoms with Crippen molar-refractivity contribution in [1.82, 2.24) is 4.72 Å². The van der Waals surface area contributed by atoms with Crippen LogP contribution in [0.3, 0.4) is 0 Å². The van der Waals surface area contributed by atoms with Gasteiger partial charge in [-0.05, 0) is 51.5 Å². The quantitative estimate of drug-likeness (QED) is 0.621. The SMILES string of the molecule is O=S(=O)(NCc1cc(-c2ccsc2)cs1)c1ccccc1OC(F)(F)F. The third-order valence-electron chi connectivity index (χ3n) is 3.31. The smallest absolute Gasteiger partial charge is 0.404 e. The largest absolute Gasteiger partial charge is 0.573 e. The molecule has 1 aromatic carbocycles. The lowest BCUT2D eigenvalue weighted by Gasteiger charge is -2.13. The van der Waals surface area contributed by atoms with Gasteiger partial charge in [0.15, 0.2) is 0 Å². The number of alkyl halides is 3. The van der Waals surface area contributed by atoms with Gasteiger partial charge in [-0.25, -0.2) is 13.1 Å². The van der Waals surface area contributed by atoms with Crippen LogP contribution in [-0.4, -0.2) is 14.8 Å². The Kier molecular flexibility index (Phi) is 5.37. The molecule has 0 radical (unpaired) electrons. The predicted octanol–water partition coefficient (Wildman–Crippen LogP) is 4.85. The number of halogens is 3. The molecular formula is C16H12F3NO3S3. The minimum Gasteiger partial charge on any atom is -0.404 e. The highest BCUT2D eigenvalue weighted by atomic mass is 32.2. The average molecular weight is 419 g/mol. The van der Waals surface area contributed by atoms with Gasteiger partial charge in [0.1, 0.15) is 10.6 Å². The van der Waals surface area contributed by atoms with E-state index in [4.69, 9.17) is 0 Å². The number of ether oxygens (including phenoxy) is 1. The van der Waals surface area contributed by atoms with Crippen molar-refractivity contribution < 1.29 is 26.3 Å². The molecule has 1 N–H and O–H groups in total. The Morgan fingerprint density at radius 1 is 1.08 bits per heavy atom. The van der Waals surface area contributed by atoms with Crippen LogP contribution < -0.4 is 9.46 Å². The molecule has 0 saturated heterocycles. The second-order valence-electron chi connectivity index (χ2n) is 5.13. The van der Waals surface area contributed by atoms with Crippen molar-refractivity contribution in [3.63, 3.8) is 0 Å². The third kappa shape index (κ3) is 4.64. The molecule has 0 unspecified atom stereocenters. The van der Waals surface area contributed by atoms with E-state index in [0.29, 0.717) is 0 Å². The normalized spacial score (nSPS) is 12.3. The van der Waals surface area contributed by atoms with Gasteiger partial charge in [0, 0.05) is 11.4 Å². The molecule has 3 aromatic rings. The van der Waals surface area contributed by atoms with Gasteiger partial charge in [-0.2, -0.15) is 11.3 Å². The van der Waals surface area contributed by atoms with Gasteiger partial charge >= 0.3 is 6.36 Å². The number of thiophene rings is 2. The van der Waals surface area contributed by atoms with Gasteiger partial charge in [0.05, 0.1) is 0 Å². The average Bonchev–Trinajstić information content (AvgIpc) is 3.23. The first-order valence-corrected chi connectivity index (χ1v) is 10.5. The van der Waals surface area contributed by atoms with Gasteiger partial charge in [-0.1, -0.05) is 12.1 Å². The van der Waals surface area contributed by atoms with Crippen LogP contribution in [0.15, 0.2) is 57.4 Å². The Morgan fingerprint density at radius 2 is 1.85 bits per heavy atom. The molecule has 0 aliphatic rings. The van der Waals surface area contributed by atoms with Crippen LogP contribution in [0.5, 0.6) is 5.75 Å². The monoisotopic (exact) mass is 419 g/mol. The van der Waals surface area contributed by atoms with Crippen LogP contribution in [-0.2, 0) is 16.6 Å². The fraction of sp³-hybridized carbons (Fsp3) is 0.125. The molecule has 26 heavy (non-hydrogen) atoms. The summed E-state index contributed by atoms with van der Waals surface area (Å²) in [5.74, 6) is -0.766. The van der Waals surface area contributed by atoms with E-state index in [2.05, 4.69) is 9.46 Å². The topological polar surface area (TPSA) is 55.4 Å². The van der Waals surface area contributed by atoms with E-state index in [1.807, 2.05) is 28.3 Å². The first kappa shape index (κ1) is 18.9. The number of hydrogen-bond donors (Lipinski definition) is 1. The summed E-state index contributed by atoms with van der Waals surface area (Å²) in [4.78, 5) is 0.177. The van der Waals surface area contributed by atoms with E-state index in [9.17, 15) is 21.6 Å². The van der Waals surface area contributed by atoms with E-state index >= 15 is 0 Å². The molecule has 4 nitrogen and oxygen atoms in total. The molecular weight excluding hydrogens is 407 g/mol. The van der Waals surface area contributed by atoms with Crippen LogP contribution in [0.4, 0.5) is 13.2 Å². The highest BCUT2D eigenvalue weighted by Gasteiger charge is 2.33. The van der Waals surface area contributed by atoms with Crippen LogP contribution in [0.2, 0.25) is 0 Å². The van der Waals surface area contributed by atoms with Gasteiger partial charge in [0.2, 0.25) is 10.0 Å². The summed E-state index contributed by atoms with van der Waals surface area (Å²) in [6, 6.07) is 8.42. The molecule has 0 fully saturated rings. The number of hydrogen-bond acceptors (Lipinski definition) is 5. The number of para-hydroxylation sites is 1. The summed E-state index contributed by atoms with van der Waals surface area (Å²) in [5.41, 5.74) is 2.00. The van der Waals surface area contributed by atoms with E-state index in [1.165, 1.54) is 23.5 Å². The lowest BCUT2D eigenvalue weighted by molar-refractivity contribution is -0.275. The maximum Gasteiger partial charge on any atom is 0.573 e. The lowest BCUT2D eigenvalue weighted by Crippen LogP contribution is -2.25. The highest BCUT2D eigenvalue weighted by molar-refractivity contribution is 7.89. The predicted molar refractivity (Wildman–Crippen MR) is 94.8 cm³/mol. The molecule has 3 rings (SSSR count). The zero-order valence-corrected chi connectivity index (χ0v) is 15.4. The molecule has 138 valence electrons. The van der Waals surface area contributed by atoms with Gasteiger partial charge in [0.25, 0.3) is 0 Å². The number of benzene rings is 1. The molecule has 10 heteroatoms. The van der Waals surface area contributed by atoms with Crippen molar-refractivity contribution >= 4 is 32.7 Å². The minimum atomic E-state index is -4.98. The zero-order valence-electron chi connectivity index (χ0n) is 13.0.